The molecule has 112 valence electrons. The van der Waals surface area contributed by atoms with Crippen LogP contribution in [0.5, 0.6) is 0 Å². The van der Waals surface area contributed by atoms with E-state index in [2.05, 4.69) is 20.8 Å². The zero-order chi connectivity index (χ0) is 14.2. The van der Waals surface area contributed by atoms with Crippen LogP contribution in [0.2, 0.25) is 0 Å². The molecule has 1 heterocycles. The van der Waals surface area contributed by atoms with E-state index in [1.54, 1.807) is 12.1 Å². The smallest absolute Gasteiger partial charge is 0.128 e. The second-order valence-corrected chi connectivity index (χ2v) is 6.31. The summed E-state index contributed by atoms with van der Waals surface area (Å²) in [6.45, 7) is 4.75. The molecule has 1 aromatic carbocycles. The first-order chi connectivity index (χ1) is 9.75. The van der Waals surface area contributed by atoms with E-state index in [9.17, 15) is 4.39 Å². The molecule has 0 saturated carbocycles. The molecule has 0 unspecified atom stereocenters. The summed E-state index contributed by atoms with van der Waals surface area (Å²) < 4.78 is 19.9. The number of rotatable bonds is 7. The van der Waals surface area contributed by atoms with Gasteiger partial charge in [0.2, 0.25) is 0 Å². The van der Waals surface area contributed by atoms with Crippen LogP contribution >= 0.6 is 15.9 Å². The third kappa shape index (κ3) is 5.51. The molecule has 0 bridgehead atoms. The van der Waals surface area contributed by atoms with Crippen molar-refractivity contribution in [3.8, 4) is 0 Å². The number of nitrogens with zero attached hydrogens (tertiary/aromatic N) is 1. The molecule has 0 spiro atoms. The van der Waals surface area contributed by atoms with Crippen molar-refractivity contribution in [2.24, 2.45) is 0 Å². The van der Waals surface area contributed by atoms with Gasteiger partial charge in [0.15, 0.2) is 0 Å². The number of ether oxygens (including phenoxy) is 1. The molecule has 0 aliphatic carbocycles. The number of likely N-dealkylation sites (tertiary alicyclic amines) is 1. The molecule has 0 aromatic heterocycles. The molecule has 2 nitrogen and oxygen atoms in total. The van der Waals surface area contributed by atoms with Crippen molar-refractivity contribution in [1.82, 2.24) is 4.90 Å². The Bertz CT molecular complexity index is 407. The molecule has 1 aliphatic rings. The molecular weight excluding hydrogens is 321 g/mol. The van der Waals surface area contributed by atoms with Crippen LogP contribution in [0.3, 0.4) is 0 Å². The molecule has 1 saturated heterocycles. The summed E-state index contributed by atoms with van der Waals surface area (Å²) in [5.74, 6) is -0.193. The van der Waals surface area contributed by atoms with Crippen LogP contribution in [-0.4, -0.2) is 31.1 Å². The Morgan fingerprint density at radius 1 is 1.15 bits per heavy atom. The highest BCUT2D eigenvalue weighted by molar-refractivity contribution is 9.10. The quantitative estimate of drug-likeness (QED) is 0.681. The lowest BCUT2D eigenvalue weighted by Crippen LogP contribution is -2.30. The van der Waals surface area contributed by atoms with Gasteiger partial charge >= 0.3 is 0 Å². The molecule has 4 heteroatoms. The summed E-state index contributed by atoms with van der Waals surface area (Å²) in [7, 11) is 0. The van der Waals surface area contributed by atoms with E-state index in [1.165, 1.54) is 51.4 Å². The maximum atomic E-state index is 13.5. The zero-order valence-corrected chi connectivity index (χ0v) is 13.5. The van der Waals surface area contributed by atoms with Crippen molar-refractivity contribution < 1.29 is 9.13 Å². The SMILES string of the molecule is Fc1ccc(Br)cc1COCCCCN1CCCCC1. The molecule has 0 amide bonds. The average Bonchev–Trinajstić information content (AvgIpc) is 2.47. The summed E-state index contributed by atoms with van der Waals surface area (Å²) in [4.78, 5) is 2.54. The Hall–Kier alpha value is -0.450. The number of halogens is 2. The molecule has 0 radical (unpaired) electrons. The second kappa shape index (κ2) is 8.75. The summed E-state index contributed by atoms with van der Waals surface area (Å²) in [5, 5.41) is 0. The fourth-order valence-electron chi connectivity index (χ4n) is 2.56. The number of hydrogen-bond acceptors (Lipinski definition) is 2. The van der Waals surface area contributed by atoms with E-state index >= 15 is 0 Å². The minimum absolute atomic E-state index is 0.193. The van der Waals surface area contributed by atoms with E-state index in [0.29, 0.717) is 18.8 Å². The van der Waals surface area contributed by atoms with E-state index in [-0.39, 0.29) is 5.82 Å². The van der Waals surface area contributed by atoms with Gasteiger partial charge in [-0.2, -0.15) is 0 Å². The normalized spacial score (nSPS) is 16.5. The molecule has 1 fully saturated rings. The Morgan fingerprint density at radius 3 is 2.75 bits per heavy atom. The zero-order valence-electron chi connectivity index (χ0n) is 11.9. The van der Waals surface area contributed by atoms with Gasteiger partial charge in [0.25, 0.3) is 0 Å². The minimum atomic E-state index is -0.193. The third-order valence-electron chi connectivity index (χ3n) is 3.73. The highest BCUT2D eigenvalue weighted by Gasteiger charge is 2.09. The lowest BCUT2D eigenvalue weighted by atomic mass is 10.1. The first kappa shape index (κ1) is 15.9. The van der Waals surface area contributed by atoms with Gasteiger partial charge in [-0.25, -0.2) is 4.39 Å². The first-order valence-corrected chi connectivity index (χ1v) is 8.29. The lowest BCUT2D eigenvalue weighted by Gasteiger charge is -2.26. The molecule has 20 heavy (non-hydrogen) atoms. The molecule has 1 aromatic rings. The summed E-state index contributed by atoms with van der Waals surface area (Å²) in [5.41, 5.74) is 0.621. The molecule has 2 rings (SSSR count). The monoisotopic (exact) mass is 343 g/mol. The fourth-order valence-corrected chi connectivity index (χ4v) is 2.97. The van der Waals surface area contributed by atoms with Gasteiger partial charge in [0, 0.05) is 16.6 Å². The van der Waals surface area contributed by atoms with Crippen LogP contribution in [0.4, 0.5) is 4.39 Å². The number of benzene rings is 1. The van der Waals surface area contributed by atoms with Crippen LogP contribution < -0.4 is 0 Å². The summed E-state index contributed by atoms with van der Waals surface area (Å²) in [6, 6.07) is 4.96. The van der Waals surface area contributed by atoms with Gasteiger partial charge in [0.05, 0.1) is 6.61 Å². The fraction of sp³-hybridized carbons (Fsp3) is 0.625. The Balaban J connectivity index is 1.56. The highest BCUT2D eigenvalue weighted by atomic mass is 79.9. The van der Waals surface area contributed by atoms with E-state index in [1.807, 2.05) is 0 Å². The van der Waals surface area contributed by atoms with Gasteiger partial charge in [0.1, 0.15) is 5.82 Å². The molecular formula is C16H23BrFNO. The van der Waals surface area contributed by atoms with Crippen LogP contribution in [0.15, 0.2) is 22.7 Å². The van der Waals surface area contributed by atoms with Gasteiger partial charge in [-0.05, 0) is 63.5 Å². The topological polar surface area (TPSA) is 12.5 Å². The largest absolute Gasteiger partial charge is 0.377 e. The first-order valence-electron chi connectivity index (χ1n) is 7.50. The second-order valence-electron chi connectivity index (χ2n) is 5.40. The van der Waals surface area contributed by atoms with Crippen LogP contribution in [-0.2, 0) is 11.3 Å². The van der Waals surface area contributed by atoms with E-state index < -0.39 is 0 Å². The average molecular weight is 344 g/mol. The number of piperidine rings is 1. The van der Waals surface area contributed by atoms with Crippen LogP contribution in [0.1, 0.15) is 37.7 Å². The number of unbranched alkanes of at least 4 members (excludes halogenated alkanes) is 1. The maximum Gasteiger partial charge on any atom is 0.128 e. The van der Waals surface area contributed by atoms with Crippen molar-refractivity contribution >= 4 is 15.9 Å². The van der Waals surface area contributed by atoms with E-state index in [4.69, 9.17) is 4.74 Å². The predicted octanol–water partition coefficient (Wildman–Crippen LogP) is 4.37. The van der Waals surface area contributed by atoms with Crippen molar-refractivity contribution in [2.45, 2.75) is 38.7 Å². The van der Waals surface area contributed by atoms with Crippen molar-refractivity contribution in [1.29, 1.82) is 0 Å². The van der Waals surface area contributed by atoms with Crippen LogP contribution in [0, 0.1) is 5.82 Å². The Kier molecular flexibility index (Phi) is 6.97. The van der Waals surface area contributed by atoms with Gasteiger partial charge in [-0.15, -0.1) is 0 Å². The molecule has 0 atom stereocenters. The summed E-state index contributed by atoms with van der Waals surface area (Å²) in [6.07, 6.45) is 6.29. The van der Waals surface area contributed by atoms with Crippen LogP contribution in [0.25, 0.3) is 0 Å². The molecule has 0 N–H and O–H groups in total. The lowest BCUT2D eigenvalue weighted by molar-refractivity contribution is 0.111. The Labute approximate surface area is 129 Å². The van der Waals surface area contributed by atoms with Gasteiger partial charge in [-0.1, -0.05) is 22.4 Å². The predicted molar refractivity (Wildman–Crippen MR) is 83.3 cm³/mol. The minimum Gasteiger partial charge on any atom is -0.377 e. The van der Waals surface area contributed by atoms with Gasteiger partial charge < -0.3 is 9.64 Å². The van der Waals surface area contributed by atoms with Crippen molar-refractivity contribution in [3.63, 3.8) is 0 Å². The standard InChI is InChI=1S/C16H23BrFNO/c17-15-6-7-16(18)14(12-15)13-20-11-5-4-10-19-8-2-1-3-9-19/h6-7,12H,1-5,8-11,13H2. The third-order valence-corrected chi connectivity index (χ3v) is 4.22. The van der Waals surface area contributed by atoms with E-state index in [0.717, 1.165) is 10.9 Å². The highest BCUT2D eigenvalue weighted by Crippen LogP contribution is 2.16. The van der Waals surface area contributed by atoms with Crippen molar-refractivity contribution in [2.75, 3.05) is 26.2 Å². The Morgan fingerprint density at radius 2 is 1.95 bits per heavy atom. The number of hydrogen-bond donors (Lipinski definition) is 0. The molecule has 1 aliphatic heterocycles. The van der Waals surface area contributed by atoms with Gasteiger partial charge in [-0.3, -0.25) is 0 Å². The summed E-state index contributed by atoms with van der Waals surface area (Å²) >= 11 is 3.35. The van der Waals surface area contributed by atoms with Crippen molar-refractivity contribution in [3.05, 3.63) is 34.1 Å². The maximum absolute atomic E-state index is 13.5.